The smallest absolute Gasteiger partial charge is 0.408 e. The first-order valence-electron chi connectivity index (χ1n) is 9.18. The lowest BCUT2D eigenvalue weighted by molar-refractivity contribution is -0.136. The summed E-state index contributed by atoms with van der Waals surface area (Å²) in [6.07, 6.45) is -0.759. The third kappa shape index (κ3) is 4.80. The number of nitrogens with one attached hydrogen (secondary N) is 1. The lowest BCUT2D eigenvalue weighted by atomic mass is 10.1. The van der Waals surface area contributed by atoms with Crippen LogP contribution in [0.2, 0.25) is 5.02 Å². The van der Waals surface area contributed by atoms with E-state index in [2.05, 4.69) is 5.32 Å². The molecule has 1 amide bonds. The molecule has 0 saturated carbocycles. The van der Waals surface area contributed by atoms with Gasteiger partial charge in [0.2, 0.25) is 0 Å². The lowest BCUT2D eigenvalue weighted by Crippen LogP contribution is -2.41. The van der Waals surface area contributed by atoms with Crippen molar-refractivity contribution < 1.29 is 23.5 Å². The zero-order valence-electron chi connectivity index (χ0n) is 16.7. The van der Waals surface area contributed by atoms with Crippen LogP contribution in [0.3, 0.4) is 0 Å². The van der Waals surface area contributed by atoms with Crippen LogP contribution in [0.1, 0.15) is 23.6 Å². The number of hydrogen-bond donors (Lipinski definition) is 1. The molecule has 1 unspecified atom stereocenters. The summed E-state index contributed by atoms with van der Waals surface area (Å²) in [5.74, 6) is -0.731. The average molecular weight is 430 g/mol. The molecule has 3 rings (SSSR count). The van der Waals surface area contributed by atoms with Crippen LogP contribution in [0.15, 0.2) is 51.7 Å². The van der Waals surface area contributed by atoms with Gasteiger partial charge in [0.15, 0.2) is 5.75 Å². The number of carbonyl (C=O) groups excluding carboxylic acids is 2. The number of aryl methyl sites for hydroxylation is 1. The summed E-state index contributed by atoms with van der Waals surface area (Å²) in [5, 5.41) is 3.22. The van der Waals surface area contributed by atoms with Gasteiger partial charge in [-0.3, -0.25) is 0 Å². The normalized spacial score (nSPS) is 11.7. The molecule has 0 aliphatic rings. The first-order chi connectivity index (χ1) is 14.3. The van der Waals surface area contributed by atoms with Gasteiger partial charge >= 0.3 is 17.7 Å². The van der Waals surface area contributed by atoms with Crippen molar-refractivity contribution in [3.05, 3.63) is 74.6 Å². The van der Waals surface area contributed by atoms with Crippen molar-refractivity contribution in [2.75, 3.05) is 0 Å². The first-order valence-corrected chi connectivity index (χ1v) is 9.56. The van der Waals surface area contributed by atoms with Crippen LogP contribution >= 0.6 is 11.6 Å². The van der Waals surface area contributed by atoms with Gasteiger partial charge in [-0.25, -0.2) is 14.4 Å². The summed E-state index contributed by atoms with van der Waals surface area (Å²) in [6, 6.07) is 11.1. The molecular weight excluding hydrogens is 410 g/mol. The maximum atomic E-state index is 12.4. The SMILES string of the molecule is Cc1c(C)c2cc(Cl)c(OC(=O)C(C)NC(=O)OCc3ccccc3)cc2oc1=O. The quantitative estimate of drug-likeness (QED) is 0.369. The van der Waals surface area contributed by atoms with Crippen molar-refractivity contribution in [1.82, 2.24) is 5.32 Å². The fourth-order valence-corrected chi connectivity index (χ4v) is 2.92. The van der Waals surface area contributed by atoms with Crippen LogP contribution in [0.4, 0.5) is 4.79 Å². The van der Waals surface area contributed by atoms with E-state index in [-0.39, 0.29) is 23.0 Å². The van der Waals surface area contributed by atoms with Gasteiger partial charge in [0.25, 0.3) is 0 Å². The summed E-state index contributed by atoms with van der Waals surface area (Å²) < 4.78 is 15.6. The van der Waals surface area contributed by atoms with E-state index in [4.69, 9.17) is 25.5 Å². The number of fused-ring (bicyclic) bond motifs is 1. The zero-order valence-corrected chi connectivity index (χ0v) is 17.4. The third-order valence-electron chi connectivity index (χ3n) is 4.62. The average Bonchev–Trinajstić information content (AvgIpc) is 2.72. The number of amides is 1. The Bertz CT molecular complexity index is 1160. The number of halogens is 1. The Labute approximate surface area is 177 Å². The maximum absolute atomic E-state index is 12.4. The van der Waals surface area contributed by atoms with Gasteiger partial charge in [0, 0.05) is 17.0 Å². The topological polar surface area (TPSA) is 94.8 Å². The van der Waals surface area contributed by atoms with Gasteiger partial charge in [0.05, 0.1) is 5.02 Å². The van der Waals surface area contributed by atoms with Gasteiger partial charge < -0.3 is 19.2 Å². The standard InChI is InChI=1S/C22H20ClNO6/c1-12-13(2)20(25)29-18-10-19(17(23)9-16(12)18)30-21(26)14(3)24-22(27)28-11-15-7-5-4-6-8-15/h4-10,14H,11H2,1-3H3,(H,24,27). The molecule has 1 aromatic heterocycles. The summed E-state index contributed by atoms with van der Waals surface area (Å²) in [7, 11) is 0. The molecule has 3 aromatic rings. The molecule has 0 saturated heterocycles. The number of hydrogen-bond acceptors (Lipinski definition) is 6. The molecule has 156 valence electrons. The molecule has 8 heteroatoms. The Kier molecular flexibility index (Phi) is 6.42. The second-order valence-electron chi connectivity index (χ2n) is 6.77. The summed E-state index contributed by atoms with van der Waals surface area (Å²) in [4.78, 5) is 36.2. The number of esters is 1. The summed E-state index contributed by atoms with van der Waals surface area (Å²) in [6.45, 7) is 4.97. The highest BCUT2D eigenvalue weighted by Gasteiger charge is 2.21. The molecule has 0 aliphatic heterocycles. The maximum Gasteiger partial charge on any atom is 0.408 e. The minimum atomic E-state index is -0.994. The molecule has 0 radical (unpaired) electrons. The second-order valence-corrected chi connectivity index (χ2v) is 7.17. The highest BCUT2D eigenvalue weighted by molar-refractivity contribution is 6.33. The van der Waals surface area contributed by atoms with Crippen molar-refractivity contribution in [2.24, 2.45) is 0 Å². The van der Waals surface area contributed by atoms with Crippen molar-refractivity contribution >= 4 is 34.6 Å². The van der Waals surface area contributed by atoms with Crippen LogP contribution in [0.5, 0.6) is 5.75 Å². The number of benzene rings is 2. The van der Waals surface area contributed by atoms with E-state index < -0.39 is 23.7 Å². The molecule has 0 fully saturated rings. The van der Waals surface area contributed by atoms with Crippen LogP contribution in [0, 0.1) is 13.8 Å². The van der Waals surface area contributed by atoms with E-state index >= 15 is 0 Å². The Balaban J connectivity index is 1.66. The minimum Gasteiger partial charge on any atom is -0.445 e. The van der Waals surface area contributed by atoms with Crippen LogP contribution in [0.25, 0.3) is 11.0 Å². The van der Waals surface area contributed by atoms with Crippen LogP contribution in [-0.2, 0) is 16.1 Å². The number of carbonyl (C=O) groups is 2. The van der Waals surface area contributed by atoms with Crippen molar-refractivity contribution in [2.45, 2.75) is 33.4 Å². The monoisotopic (exact) mass is 429 g/mol. The predicted octanol–water partition coefficient (Wildman–Crippen LogP) is 4.28. The van der Waals surface area contributed by atoms with Crippen LogP contribution in [-0.4, -0.2) is 18.1 Å². The molecule has 0 aliphatic carbocycles. The Morgan fingerprint density at radius 1 is 1.13 bits per heavy atom. The van der Waals surface area contributed by atoms with E-state index in [1.165, 1.54) is 13.0 Å². The predicted molar refractivity (Wildman–Crippen MR) is 112 cm³/mol. The molecule has 2 aromatic carbocycles. The van der Waals surface area contributed by atoms with E-state index in [9.17, 15) is 14.4 Å². The Hall–Kier alpha value is -3.32. The van der Waals surface area contributed by atoms with Crippen molar-refractivity contribution in [3.8, 4) is 5.75 Å². The number of ether oxygens (including phenoxy) is 2. The second kappa shape index (κ2) is 9.00. The number of rotatable bonds is 5. The highest BCUT2D eigenvalue weighted by atomic mass is 35.5. The van der Waals surface area contributed by atoms with E-state index in [1.807, 2.05) is 30.3 Å². The summed E-state index contributed by atoms with van der Waals surface area (Å²) >= 11 is 6.23. The zero-order chi connectivity index (χ0) is 21.8. The van der Waals surface area contributed by atoms with Crippen molar-refractivity contribution in [3.63, 3.8) is 0 Å². The van der Waals surface area contributed by atoms with E-state index in [0.717, 1.165) is 11.1 Å². The lowest BCUT2D eigenvalue weighted by Gasteiger charge is -2.14. The van der Waals surface area contributed by atoms with Crippen molar-refractivity contribution in [1.29, 1.82) is 0 Å². The Morgan fingerprint density at radius 3 is 2.53 bits per heavy atom. The summed E-state index contributed by atoms with van der Waals surface area (Å²) in [5.41, 5.74) is 1.80. The van der Waals surface area contributed by atoms with Gasteiger partial charge in [-0.05, 0) is 38.0 Å². The largest absolute Gasteiger partial charge is 0.445 e. The van der Waals surface area contributed by atoms with Gasteiger partial charge in [-0.15, -0.1) is 0 Å². The minimum absolute atomic E-state index is 0.0203. The number of alkyl carbamates (subject to hydrolysis) is 1. The fourth-order valence-electron chi connectivity index (χ4n) is 2.72. The Morgan fingerprint density at radius 2 is 1.83 bits per heavy atom. The molecule has 7 nitrogen and oxygen atoms in total. The first kappa shape index (κ1) is 21.4. The highest BCUT2D eigenvalue weighted by Crippen LogP contribution is 2.32. The molecule has 30 heavy (non-hydrogen) atoms. The van der Waals surface area contributed by atoms with Gasteiger partial charge in [-0.1, -0.05) is 41.9 Å². The molecular formula is C22H20ClNO6. The van der Waals surface area contributed by atoms with Crippen LogP contribution < -0.4 is 15.7 Å². The molecule has 1 heterocycles. The molecule has 1 N–H and O–H groups in total. The molecule has 0 bridgehead atoms. The fraction of sp³-hybridized carbons (Fsp3) is 0.227. The molecule has 1 atom stereocenters. The van der Waals surface area contributed by atoms with Gasteiger partial charge in [0.1, 0.15) is 18.2 Å². The third-order valence-corrected chi connectivity index (χ3v) is 4.92. The van der Waals surface area contributed by atoms with E-state index in [0.29, 0.717) is 10.9 Å². The van der Waals surface area contributed by atoms with Gasteiger partial charge in [-0.2, -0.15) is 0 Å². The van der Waals surface area contributed by atoms with E-state index in [1.54, 1.807) is 19.9 Å². The molecule has 0 spiro atoms.